The first-order valence-corrected chi connectivity index (χ1v) is 9.57. The molecule has 0 atom stereocenters. The maximum absolute atomic E-state index is 6.30. The van der Waals surface area contributed by atoms with Crippen molar-refractivity contribution in [2.24, 2.45) is 0 Å². The smallest absolute Gasteiger partial charge is 0.179 e. The lowest BCUT2D eigenvalue weighted by atomic mass is 10.1. The van der Waals surface area contributed by atoms with Gasteiger partial charge in [-0.15, -0.1) is 11.3 Å². The minimum Gasteiger partial charge on any atom is -0.491 e. The number of thiazole rings is 1. The average molecular weight is 386 g/mol. The molecule has 0 fully saturated rings. The summed E-state index contributed by atoms with van der Waals surface area (Å²) in [6.07, 6.45) is 3.96. The van der Waals surface area contributed by atoms with Crippen LogP contribution in [-0.2, 0) is 0 Å². The van der Waals surface area contributed by atoms with Crippen LogP contribution in [0.4, 0.5) is 0 Å². The molecule has 0 aliphatic rings. The van der Waals surface area contributed by atoms with Gasteiger partial charge in [0.05, 0.1) is 24.4 Å². The quantitative estimate of drug-likeness (QED) is 0.495. The lowest BCUT2D eigenvalue weighted by molar-refractivity contribution is 0.311. The molecule has 26 heavy (non-hydrogen) atoms. The van der Waals surface area contributed by atoms with Crippen molar-refractivity contribution in [1.82, 2.24) is 4.98 Å². The van der Waals surface area contributed by atoms with Crippen LogP contribution in [0, 0.1) is 6.92 Å². The molecule has 3 rings (SSSR count). The minimum absolute atomic E-state index is 0.526. The molecule has 3 aromatic rings. The van der Waals surface area contributed by atoms with E-state index in [-0.39, 0.29) is 0 Å². The summed E-state index contributed by atoms with van der Waals surface area (Å²) in [4.78, 5) is 4.68. The number of nitrogens with zero attached hydrogens (tertiary/aromatic N) is 1. The summed E-state index contributed by atoms with van der Waals surface area (Å²) in [5.74, 6) is 1.20. The molecule has 5 heteroatoms. The first-order chi connectivity index (χ1) is 12.6. The van der Waals surface area contributed by atoms with Gasteiger partial charge in [0.2, 0.25) is 0 Å². The molecule has 0 unspecified atom stereocenters. The maximum atomic E-state index is 6.30. The SMILES string of the molecule is CCOc1cc(C=Cc2nc(-c3ccc(C)cc3)cs2)cc(Cl)c1OC. The summed E-state index contributed by atoms with van der Waals surface area (Å²) < 4.78 is 10.9. The van der Waals surface area contributed by atoms with Crippen molar-refractivity contribution in [3.8, 4) is 22.8 Å². The van der Waals surface area contributed by atoms with Crippen LogP contribution in [0.5, 0.6) is 11.5 Å². The molecule has 0 aliphatic carbocycles. The predicted octanol–water partition coefficient (Wildman–Crippen LogP) is 6.35. The molecule has 134 valence electrons. The highest BCUT2D eigenvalue weighted by Gasteiger charge is 2.10. The van der Waals surface area contributed by atoms with Crippen LogP contribution in [0.15, 0.2) is 41.8 Å². The van der Waals surface area contributed by atoms with Gasteiger partial charge >= 0.3 is 0 Å². The number of hydrogen-bond acceptors (Lipinski definition) is 4. The predicted molar refractivity (Wildman–Crippen MR) is 110 cm³/mol. The molecule has 0 aliphatic heterocycles. The molecule has 0 radical (unpaired) electrons. The number of ether oxygens (including phenoxy) is 2. The molecule has 1 heterocycles. The molecule has 0 bridgehead atoms. The summed E-state index contributed by atoms with van der Waals surface area (Å²) in [7, 11) is 1.58. The Kier molecular flexibility index (Phi) is 5.96. The zero-order valence-corrected chi connectivity index (χ0v) is 16.5. The van der Waals surface area contributed by atoms with E-state index in [0.717, 1.165) is 21.8 Å². The van der Waals surface area contributed by atoms with E-state index in [2.05, 4.69) is 41.6 Å². The number of methoxy groups -OCH3 is 1. The van der Waals surface area contributed by atoms with Gasteiger partial charge in [-0.1, -0.05) is 47.5 Å². The monoisotopic (exact) mass is 385 g/mol. The second-order valence-corrected chi connectivity index (χ2v) is 7.03. The Morgan fingerprint density at radius 2 is 1.92 bits per heavy atom. The van der Waals surface area contributed by atoms with Crippen LogP contribution >= 0.6 is 22.9 Å². The van der Waals surface area contributed by atoms with E-state index >= 15 is 0 Å². The number of aryl methyl sites for hydroxylation is 1. The van der Waals surface area contributed by atoms with E-state index in [9.17, 15) is 0 Å². The standard InChI is InChI=1S/C21H20ClNO2S/c1-4-25-19-12-15(11-17(22)21(19)24-3)7-10-20-23-18(13-26-20)16-8-5-14(2)6-9-16/h5-13H,4H2,1-3H3. The van der Waals surface area contributed by atoms with E-state index in [0.29, 0.717) is 23.1 Å². The summed E-state index contributed by atoms with van der Waals surface area (Å²) in [5, 5.41) is 3.53. The van der Waals surface area contributed by atoms with Crippen molar-refractivity contribution in [1.29, 1.82) is 0 Å². The number of benzene rings is 2. The Labute approximate surface area is 162 Å². The largest absolute Gasteiger partial charge is 0.491 e. The summed E-state index contributed by atoms with van der Waals surface area (Å²) >= 11 is 7.90. The van der Waals surface area contributed by atoms with Gasteiger partial charge in [0, 0.05) is 10.9 Å². The second-order valence-electron chi connectivity index (χ2n) is 5.74. The van der Waals surface area contributed by atoms with Crippen LogP contribution in [0.2, 0.25) is 5.02 Å². The van der Waals surface area contributed by atoms with Crippen LogP contribution < -0.4 is 9.47 Å². The minimum atomic E-state index is 0.526. The molecular weight excluding hydrogens is 366 g/mol. The summed E-state index contributed by atoms with van der Waals surface area (Å²) in [6.45, 7) is 4.56. The summed E-state index contributed by atoms with van der Waals surface area (Å²) in [5.41, 5.74) is 4.28. The van der Waals surface area contributed by atoms with Gasteiger partial charge in [-0.3, -0.25) is 0 Å². The molecule has 2 aromatic carbocycles. The van der Waals surface area contributed by atoms with Gasteiger partial charge in [-0.2, -0.15) is 0 Å². The van der Waals surface area contributed by atoms with E-state index in [1.807, 2.05) is 31.2 Å². The molecule has 0 amide bonds. The fraction of sp³-hybridized carbons (Fsp3) is 0.190. The molecule has 0 saturated heterocycles. The second kappa shape index (κ2) is 8.39. The van der Waals surface area contributed by atoms with Crippen LogP contribution in [0.1, 0.15) is 23.1 Å². The van der Waals surface area contributed by atoms with Gasteiger partial charge in [0.25, 0.3) is 0 Å². The van der Waals surface area contributed by atoms with Gasteiger partial charge in [0.1, 0.15) is 5.01 Å². The normalized spacial score (nSPS) is 11.1. The lowest BCUT2D eigenvalue weighted by Gasteiger charge is -2.11. The van der Waals surface area contributed by atoms with Gasteiger partial charge in [-0.25, -0.2) is 4.98 Å². The van der Waals surface area contributed by atoms with E-state index in [1.165, 1.54) is 5.56 Å². The number of halogens is 1. The summed E-state index contributed by atoms with van der Waals surface area (Å²) in [6, 6.07) is 12.1. The Morgan fingerprint density at radius 3 is 2.62 bits per heavy atom. The Bertz CT molecular complexity index is 916. The molecule has 0 spiro atoms. The number of hydrogen-bond donors (Lipinski definition) is 0. The zero-order chi connectivity index (χ0) is 18.5. The van der Waals surface area contributed by atoms with Crippen molar-refractivity contribution < 1.29 is 9.47 Å². The van der Waals surface area contributed by atoms with E-state index in [4.69, 9.17) is 21.1 Å². The van der Waals surface area contributed by atoms with Crippen molar-refractivity contribution >= 4 is 35.1 Å². The molecule has 0 saturated carbocycles. The highest BCUT2D eigenvalue weighted by molar-refractivity contribution is 7.10. The average Bonchev–Trinajstić information content (AvgIpc) is 3.10. The van der Waals surface area contributed by atoms with E-state index < -0.39 is 0 Å². The molecule has 0 N–H and O–H groups in total. The zero-order valence-electron chi connectivity index (χ0n) is 15.0. The first kappa shape index (κ1) is 18.5. The highest BCUT2D eigenvalue weighted by Crippen LogP contribution is 2.37. The number of rotatable bonds is 6. The van der Waals surface area contributed by atoms with Gasteiger partial charge in [-0.05, 0) is 37.6 Å². The van der Waals surface area contributed by atoms with Crippen LogP contribution in [0.25, 0.3) is 23.4 Å². The van der Waals surface area contributed by atoms with Crippen molar-refractivity contribution in [2.75, 3.05) is 13.7 Å². The topological polar surface area (TPSA) is 31.4 Å². The molecular formula is C21H20ClNO2S. The Hall–Kier alpha value is -2.30. The Balaban J connectivity index is 1.83. The van der Waals surface area contributed by atoms with E-state index in [1.54, 1.807) is 18.4 Å². The third kappa shape index (κ3) is 4.26. The highest BCUT2D eigenvalue weighted by atomic mass is 35.5. The third-order valence-electron chi connectivity index (χ3n) is 3.82. The van der Waals surface area contributed by atoms with Gasteiger partial charge < -0.3 is 9.47 Å². The Morgan fingerprint density at radius 1 is 1.15 bits per heavy atom. The van der Waals surface area contributed by atoms with Crippen LogP contribution in [0.3, 0.4) is 0 Å². The van der Waals surface area contributed by atoms with Gasteiger partial charge in [0.15, 0.2) is 11.5 Å². The molecule has 1 aromatic heterocycles. The van der Waals surface area contributed by atoms with Crippen molar-refractivity contribution in [2.45, 2.75) is 13.8 Å². The number of aromatic nitrogens is 1. The fourth-order valence-electron chi connectivity index (χ4n) is 2.53. The fourth-order valence-corrected chi connectivity index (χ4v) is 3.55. The van der Waals surface area contributed by atoms with Crippen molar-refractivity contribution in [3.63, 3.8) is 0 Å². The lowest BCUT2D eigenvalue weighted by Crippen LogP contribution is -1.96. The van der Waals surface area contributed by atoms with Crippen LogP contribution in [-0.4, -0.2) is 18.7 Å². The maximum Gasteiger partial charge on any atom is 0.179 e. The molecule has 3 nitrogen and oxygen atoms in total. The van der Waals surface area contributed by atoms with Crippen molar-refractivity contribution in [3.05, 3.63) is 62.9 Å². The first-order valence-electron chi connectivity index (χ1n) is 8.31. The third-order valence-corrected chi connectivity index (χ3v) is 4.91.